The van der Waals surface area contributed by atoms with Gasteiger partial charge in [-0.3, -0.25) is 4.79 Å². The zero-order chi connectivity index (χ0) is 25.8. The molecular weight excluding hydrogens is 484 g/mol. The second-order valence-electron chi connectivity index (χ2n) is 7.28. The van der Waals surface area contributed by atoms with Crippen molar-refractivity contribution < 1.29 is 9.90 Å². The van der Waals surface area contributed by atoms with Gasteiger partial charge in [-0.15, -0.1) is 16.4 Å². The van der Waals surface area contributed by atoms with E-state index >= 15 is 0 Å². The highest BCUT2D eigenvalue weighted by molar-refractivity contribution is 7.13. The number of nitrogens with zero attached hydrogens (tertiary/aromatic N) is 5. The van der Waals surface area contributed by atoms with E-state index in [1.54, 1.807) is 17.5 Å². The molecule has 0 amide bonds. The molecule has 5 rings (SSSR count). The molecule has 8 nitrogen and oxygen atoms in total. The number of carbonyl (C=O) groups is 1. The van der Waals surface area contributed by atoms with E-state index < -0.39 is 0 Å². The van der Waals surface area contributed by atoms with Crippen LogP contribution in [0.5, 0.6) is 0 Å². The van der Waals surface area contributed by atoms with Crippen molar-refractivity contribution >= 4 is 40.7 Å². The van der Waals surface area contributed by atoms with Crippen LogP contribution in [-0.4, -0.2) is 64.3 Å². The number of benzene rings is 1. The molecule has 0 radical (unpaired) electrons. The summed E-state index contributed by atoms with van der Waals surface area (Å²) in [5.74, 6) is 1.04. The summed E-state index contributed by atoms with van der Waals surface area (Å²) in [5, 5.41) is 18.2. The number of aryl methyl sites for hydroxylation is 1. The Bertz CT molecular complexity index is 1180. The first-order valence-electron chi connectivity index (χ1n) is 11.4. The number of aliphatic hydroxyl groups excluding tert-OH is 1. The van der Waals surface area contributed by atoms with Crippen molar-refractivity contribution in [2.24, 2.45) is 0 Å². The number of carbonyl (C=O) groups excluding carboxylic acids is 1. The number of hydrogen-bond donors (Lipinski definition) is 2. The zero-order valence-electron chi connectivity index (χ0n) is 20.8. The Morgan fingerprint density at radius 1 is 1.17 bits per heavy atom. The van der Waals surface area contributed by atoms with Crippen LogP contribution in [-0.2, 0) is 0 Å². The van der Waals surface area contributed by atoms with E-state index in [0.29, 0.717) is 16.8 Å². The van der Waals surface area contributed by atoms with E-state index in [2.05, 4.69) is 31.3 Å². The Kier molecular flexibility index (Phi) is 11.8. The number of aldehydes is 1. The van der Waals surface area contributed by atoms with E-state index in [9.17, 15) is 4.79 Å². The van der Waals surface area contributed by atoms with Crippen molar-refractivity contribution in [2.75, 3.05) is 32.1 Å². The van der Waals surface area contributed by atoms with Crippen molar-refractivity contribution in [1.82, 2.24) is 24.9 Å². The molecular formula is C25H33ClN6O2S. The van der Waals surface area contributed by atoms with Crippen LogP contribution in [0, 0.1) is 6.92 Å². The van der Waals surface area contributed by atoms with Crippen molar-refractivity contribution in [3.05, 3.63) is 64.4 Å². The van der Waals surface area contributed by atoms with Gasteiger partial charge in [0.05, 0.1) is 11.9 Å². The second kappa shape index (κ2) is 14.5. The molecule has 1 aliphatic rings. The number of likely N-dealkylation sites (N-methyl/N-ethyl adjacent to an activating group) is 1. The van der Waals surface area contributed by atoms with Gasteiger partial charge >= 0.3 is 0 Å². The number of anilines is 1. The third kappa shape index (κ3) is 7.57. The first kappa shape index (κ1) is 28.4. The first-order valence-corrected chi connectivity index (χ1v) is 12.7. The summed E-state index contributed by atoms with van der Waals surface area (Å²) in [6, 6.07) is 12.0. The summed E-state index contributed by atoms with van der Waals surface area (Å²) in [6.07, 6.45) is 3.78. The molecule has 35 heavy (non-hydrogen) atoms. The molecule has 188 valence electrons. The van der Waals surface area contributed by atoms with E-state index in [-0.39, 0.29) is 0 Å². The quantitative estimate of drug-likeness (QED) is 0.378. The fourth-order valence-electron chi connectivity index (χ4n) is 3.42. The smallest absolute Gasteiger partial charge is 0.169 e. The standard InChI is InChI=1S/C12H17N5.C10H6ClNOS.C2H6.CH4O/c1-9-7-14-11-3-4-12(15-17(9)11)16-6-5-10(8-16)13-2;11-8-3-1-7(2-4-8)10-12-9(5-13)6-14-10;2*1-2/h3-4,7,10,13H,5-6,8H2,1-2H3;1-6H;1-2H3;2H,1H3/t10-;;;/m0.../s1. The summed E-state index contributed by atoms with van der Waals surface area (Å²) in [6.45, 7) is 8.12. The van der Waals surface area contributed by atoms with Crippen LogP contribution >= 0.6 is 22.9 Å². The Balaban J connectivity index is 0.000000220. The topological polar surface area (TPSA) is 95.6 Å². The Morgan fingerprint density at radius 3 is 2.49 bits per heavy atom. The maximum atomic E-state index is 10.4. The number of aliphatic hydroxyl groups is 1. The minimum Gasteiger partial charge on any atom is -0.400 e. The lowest BCUT2D eigenvalue weighted by atomic mass is 10.2. The van der Waals surface area contributed by atoms with E-state index in [1.807, 2.05) is 56.7 Å². The summed E-state index contributed by atoms with van der Waals surface area (Å²) in [5.41, 5.74) is 3.44. The molecule has 1 aliphatic heterocycles. The highest BCUT2D eigenvalue weighted by Gasteiger charge is 2.22. The molecule has 1 saturated heterocycles. The van der Waals surface area contributed by atoms with Gasteiger partial charge in [0.1, 0.15) is 16.5 Å². The van der Waals surface area contributed by atoms with Gasteiger partial charge in [0, 0.05) is 42.2 Å². The molecule has 2 N–H and O–H groups in total. The predicted octanol–water partition coefficient (Wildman–Crippen LogP) is 4.75. The van der Waals surface area contributed by atoms with Crippen molar-refractivity contribution in [3.8, 4) is 10.6 Å². The van der Waals surface area contributed by atoms with E-state index in [0.717, 1.165) is 54.2 Å². The molecule has 0 unspecified atom stereocenters. The number of fused-ring (bicyclic) bond motifs is 1. The third-order valence-electron chi connectivity index (χ3n) is 5.17. The SMILES string of the molecule is CC.CN[C@H]1CCN(c2ccc3ncc(C)n3n2)C1.CO.O=Cc1csc(-c2ccc(Cl)cc2)n1. The molecule has 1 fully saturated rings. The maximum absolute atomic E-state index is 10.4. The highest BCUT2D eigenvalue weighted by atomic mass is 35.5. The Hall–Kier alpha value is -2.85. The van der Waals surface area contributed by atoms with Gasteiger partial charge in [-0.05, 0) is 44.7 Å². The number of imidazole rings is 1. The Labute approximate surface area is 215 Å². The van der Waals surface area contributed by atoms with Crippen LogP contribution in [0.15, 0.2) is 48.0 Å². The average molecular weight is 517 g/mol. The lowest BCUT2D eigenvalue weighted by Gasteiger charge is -2.17. The second-order valence-corrected chi connectivity index (χ2v) is 8.58. The lowest BCUT2D eigenvalue weighted by Crippen LogP contribution is -2.30. The monoisotopic (exact) mass is 516 g/mol. The molecule has 1 aromatic carbocycles. The number of rotatable bonds is 4. The minimum absolute atomic E-state index is 0.472. The molecule has 4 aromatic rings. The van der Waals surface area contributed by atoms with Crippen LogP contribution in [0.4, 0.5) is 5.82 Å². The minimum atomic E-state index is 0.472. The molecule has 3 aromatic heterocycles. The fourth-order valence-corrected chi connectivity index (χ4v) is 4.31. The fraction of sp³-hybridized carbons (Fsp3) is 0.360. The molecule has 0 aliphatic carbocycles. The first-order chi connectivity index (χ1) is 17.1. The van der Waals surface area contributed by atoms with Gasteiger partial charge < -0.3 is 15.3 Å². The normalized spacial score (nSPS) is 14.3. The number of aromatic nitrogens is 4. The number of halogens is 1. The van der Waals surface area contributed by atoms with Gasteiger partial charge in [-0.2, -0.15) is 0 Å². The maximum Gasteiger partial charge on any atom is 0.169 e. The number of thiazole rings is 1. The summed E-state index contributed by atoms with van der Waals surface area (Å²) < 4.78 is 1.90. The lowest BCUT2D eigenvalue weighted by molar-refractivity contribution is 0.111. The predicted molar refractivity (Wildman–Crippen MR) is 145 cm³/mol. The number of nitrogens with one attached hydrogen (secondary N) is 1. The van der Waals surface area contributed by atoms with Crippen LogP contribution in [0.25, 0.3) is 16.2 Å². The molecule has 10 heteroatoms. The largest absolute Gasteiger partial charge is 0.400 e. The summed E-state index contributed by atoms with van der Waals surface area (Å²) in [7, 11) is 3.02. The molecule has 0 bridgehead atoms. The van der Waals surface area contributed by atoms with Gasteiger partial charge in [-0.25, -0.2) is 14.5 Å². The summed E-state index contributed by atoms with van der Waals surface area (Å²) in [4.78, 5) is 21.2. The zero-order valence-corrected chi connectivity index (χ0v) is 22.3. The molecule has 1 atom stereocenters. The van der Waals surface area contributed by atoms with Crippen LogP contribution in [0.1, 0.15) is 36.5 Å². The van der Waals surface area contributed by atoms with Crippen LogP contribution < -0.4 is 10.2 Å². The van der Waals surface area contributed by atoms with E-state index in [1.165, 1.54) is 17.8 Å². The number of hydrogen-bond acceptors (Lipinski definition) is 8. The highest BCUT2D eigenvalue weighted by Crippen LogP contribution is 2.24. The van der Waals surface area contributed by atoms with Crippen molar-refractivity contribution in [1.29, 1.82) is 0 Å². The van der Waals surface area contributed by atoms with E-state index in [4.69, 9.17) is 16.7 Å². The van der Waals surface area contributed by atoms with Gasteiger partial charge in [-0.1, -0.05) is 37.6 Å². The average Bonchev–Trinajstić information content (AvgIpc) is 3.67. The third-order valence-corrected chi connectivity index (χ3v) is 6.33. The molecule has 0 spiro atoms. The van der Waals surface area contributed by atoms with Crippen LogP contribution in [0.3, 0.4) is 0 Å². The van der Waals surface area contributed by atoms with Crippen molar-refractivity contribution in [2.45, 2.75) is 33.2 Å². The van der Waals surface area contributed by atoms with Gasteiger partial charge in [0.2, 0.25) is 0 Å². The van der Waals surface area contributed by atoms with Gasteiger partial charge in [0.25, 0.3) is 0 Å². The molecule has 4 heterocycles. The van der Waals surface area contributed by atoms with Gasteiger partial charge in [0.15, 0.2) is 11.9 Å². The van der Waals surface area contributed by atoms with Crippen molar-refractivity contribution in [3.63, 3.8) is 0 Å². The molecule has 0 saturated carbocycles. The van der Waals surface area contributed by atoms with Crippen LogP contribution in [0.2, 0.25) is 5.02 Å². The Morgan fingerprint density at radius 2 is 1.89 bits per heavy atom. The summed E-state index contributed by atoms with van der Waals surface area (Å²) >= 11 is 7.21.